The van der Waals surface area contributed by atoms with Gasteiger partial charge >= 0.3 is 0 Å². The van der Waals surface area contributed by atoms with Crippen molar-refractivity contribution in [3.63, 3.8) is 0 Å². The molecule has 2 aromatic heterocycles. The van der Waals surface area contributed by atoms with Crippen LogP contribution in [0.2, 0.25) is 0 Å². The lowest BCUT2D eigenvalue weighted by molar-refractivity contribution is -0.111. The molecule has 0 spiro atoms. The van der Waals surface area contributed by atoms with E-state index in [1.807, 2.05) is 6.92 Å². The van der Waals surface area contributed by atoms with Crippen LogP contribution in [-0.4, -0.2) is 28.0 Å². The number of hydrogen-bond acceptors (Lipinski definition) is 8. The monoisotopic (exact) mass is 505 g/mol. The van der Waals surface area contributed by atoms with E-state index >= 15 is 0 Å². The number of thiazole rings is 1. The Morgan fingerprint density at radius 1 is 1.19 bits per heavy atom. The number of nitriles is 1. The predicted octanol–water partition coefficient (Wildman–Crippen LogP) is 5.32. The van der Waals surface area contributed by atoms with Crippen LogP contribution >= 0.6 is 11.3 Å². The molecule has 0 saturated carbocycles. The van der Waals surface area contributed by atoms with Crippen LogP contribution in [0.1, 0.15) is 22.4 Å². The molecule has 0 bridgehead atoms. The van der Waals surface area contributed by atoms with Crippen LogP contribution in [0.25, 0.3) is 11.3 Å². The van der Waals surface area contributed by atoms with E-state index in [2.05, 4.69) is 23.1 Å². The zero-order chi connectivity index (χ0) is 25.3. The number of rotatable bonds is 8. The van der Waals surface area contributed by atoms with Crippen LogP contribution in [0.3, 0.4) is 0 Å². The predicted molar refractivity (Wildman–Crippen MR) is 133 cm³/mol. The molecule has 184 valence electrons. The molecule has 3 heterocycles. The van der Waals surface area contributed by atoms with Crippen molar-refractivity contribution in [2.24, 2.45) is 5.41 Å². The van der Waals surface area contributed by atoms with Crippen molar-refractivity contribution >= 4 is 17.2 Å². The number of benzene rings is 2. The van der Waals surface area contributed by atoms with Gasteiger partial charge in [0.25, 0.3) is 0 Å². The van der Waals surface area contributed by atoms with Crippen molar-refractivity contribution in [2.45, 2.75) is 27.0 Å². The molecule has 8 nitrogen and oxygen atoms in total. The number of halogens is 1. The molecule has 2 N–H and O–H groups in total. The minimum Gasteiger partial charge on any atom is -0.488 e. The summed E-state index contributed by atoms with van der Waals surface area (Å²) in [6.07, 6.45) is 1.74. The van der Waals surface area contributed by atoms with E-state index in [0.29, 0.717) is 60.7 Å². The van der Waals surface area contributed by atoms with Gasteiger partial charge in [-0.2, -0.15) is 10.4 Å². The molecule has 10 heteroatoms. The van der Waals surface area contributed by atoms with Gasteiger partial charge in [0.2, 0.25) is 0 Å². The lowest BCUT2D eigenvalue weighted by Gasteiger charge is -2.37. The van der Waals surface area contributed by atoms with Gasteiger partial charge < -0.3 is 19.9 Å². The maximum Gasteiger partial charge on any atom is 0.140 e. The van der Waals surface area contributed by atoms with Crippen LogP contribution in [0, 0.1) is 29.5 Å². The number of aryl methyl sites for hydroxylation is 1. The Kier molecular flexibility index (Phi) is 6.35. The minimum atomic E-state index is -0.468. The molecule has 1 aliphatic heterocycles. The number of anilines is 1. The first-order chi connectivity index (χ1) is 17.3. The number of ether oxygens (including phenoxy) is 3. The zero-order valence-electron chi connectivity index (χ0n) is 19.8. The molecule has 1 aliphatic rings. The van der Waals surface area contributed by atoms with Crippen LogP contribution in [-0.2, 0) is 17.9 Å². The van der Waals surface area contributed by atoms with Crippen molar-refractivity contribution in [2.75, 3.05) is 18.9 Å². The van der Waals surface area contributed by atoms with Crippen LogP contribution in [0.15, 0.2) is 48.7 Å². The van der Waals surface area contributed by atoms with Crippen molar-refractivity contribution in [3.05, 3.63) is 69.9 Å². The highest BCUT2D eigenvalue weighted by molar-refractivity contribution is 7.11. The lowest BCUT2D eigenvalue weighted by atomic mass is 9.89. The topological polar surface area (TPSA) is 108 Å². The summed E-state index contributed by atoms with van der Waals surface area (Å²) in [7, 11) is 0. The molecule has 2 aromatic carbocycles. The summed E-state index contributed by atoms with van der Waals surface area (Å²) in [5.74, 6) is 1.03. The lowest BCUT2D eigenvalue weighted by Crippen LogP contribution is -2.43. The first-order valence-electron chi connectivity index (χ1n) is 11.3. The molecule has 0 aliphatic carbocycles. The van der Waals surface area contributed by atoms with E-state index in [0.717, 1.165) is 15.4 Å². The fraction of sp³-hybridized carbons (Fsp3) is 0.269. The maximum atomic E-state index is 14.2. The Morgan fingerprint density at radius 2 is 1.94 bits per heavy atom. The summed E-state index contributed by atoms with van der Waals surface area (Å²) >= 11 is 1.53. The number of nitrogens with zero attached hydrogens (tertiary/aromatic N) is 4. The summed E-state index contributed by atoms with van der Waals surface area (Å²) in [6.45, 7) is 6.15. The van der Waals surface area contributed by atoms with Gasteiger partial charge in [-0.05, 0) is 31.2 Å². The van der Waals surface area contributed by atoms with Gasteiger partial charge in [0.05, 0.1) is 29.6 Å². The Balaban J connectivity index is 1.31. The quantitative estimate of drug-likeness (QED) is 0.345. The first kappa shape index (κ1) is 23.8. The number of nitrogens with two attached hydrogens (primary N) is 1. The summed E-state index contributed by atoms with van der Waals surface area (Å²) in [4.78, 5) is 5.14. The standard InChI is InChI=1S/C26H24FN5O3S/c1-16-30-11-22(36-16)12-34-20-7-18(27)8-21(9-20)35-19-5-3-17(4-6-19)24-23(10-28)25(29)32(31-24)13-26(2)14-33-15-26/h3-9,11H,12-15,29H2,1-2H3. The highest BCUT2D eigenvalue weighted by atomic mass is 32.1. The number of nitrogen functional groups attached to an aromatic ring is 1. The third kappa shape index (κ3) is 5.03. The van der Waals surface area contributed by atoms with Crippen molar-refractivity contribution in [1.82, 2.24) is 14.8 Å². The normalized spacial score (nSPS) is 14.2. The highest BCUT2D eigenvalue weighted by Crippen LogP contribution is 2.34. The molecule has 4 aromatic rings. The number of hydrogen-bond donors (Lipinski definition) is 1. The van der Waals surface area contributed by atoms with Gasteiger partial charge in [0.1, 0.15) is 52.8 Å². The molecular formula is C26H24FN5O3S. The average molecular weight is 506 g/mol. The minimum absolute atomic E-state index is 0.0467. The van der Waals surface area contributed by atoms with Gasteiger partial charge in [-0.3, -0.25) is 0 Å². The van der Waals surface area contributed by atoms with Gasteiger partial charge in [0.15, 0.2) is 0 Å². The van der Waals surface area contributed by atoms with Crippen molar-refractivity contribution in [3.8, 4) is 34.6 Å². The van der Waals surface area contributed by atoms with Crippen molar-refractivity contribution in [1.29, 1.82) is 5.26 Å². The van der Waals surface area contributed by atoms with Gasteiger partial charge in [-0.15, -0.1) is 11.3 Å². The van der Waals surface area contributed by atoms with E-state index in [4.69, 9.17) is 19.9 Å². The van der Waals surface area contributed by atoms with E-state index in [1.165, 1.54) is 23.5 Å². The van der Waals surface area contributed by atoms with Gasteiger partial charge in [0, 0.05) is 35.4 Å². The van der Waals surface area contributed by atoms with E-state index < -0.39 is 5.82 Å². The fourth-order valence-electron chi connectivity index (χ4n) is 3.93. The second-order valence-electron chi connectivity index (χ2n) is 9.07. The molecule has 5 rings (SSSR count). The Labute approximate surface area is 211 Å². The molecule has 1 fully saturated rings. The van der Waals surface area contributed by atoms with Gasteiger partial charge in [-0.25, -0.2) is 14.1 Å². The van der Waals surface area contributed by atoms with E-state index in [9.17, 15) is 9.65 Å². The SMILES string of the molecule is Cc1ncc(COc2cc(F)cc(Oc3ccc(-c4nn(CC5(C)COC5)c(N)c4C#N)cc3)c2)s1. The molecule has 0 unspecified atom stereocenters. The summed E-state index contributed by atoms with van der Waals surface area (Å²) in [5.41, 5.74) is 7.74. The molecular weight excluding hydrogens is 481 g/mol. The van der Waals surface area contributed by atoms with Crippen LogP contribution < -0.4 is 15.2 Å². The molecule has 36 heavy (non-hydrogen) atoms. The maximum absolute atomic E-state index is 14.2. The fourth-order valence-corrected chi connectivity index (χ4v) is 4.64. The highest BCUT2D eigenvalue weighted by Gasteiger charge is 2.35. The largest absolute Gasteiger partial charge is 0.488 e. The molecule has 0 radical (unpaired) electrons. The first-order valence-corrected chi connectivity index (χ1v) is 12.1. The second kappa shape index (κ2) is 9.60. The van der Waals surface area contributed by atoms with E-state index in [-0.39, 0.29) is 5.41 Å². The second-order valence-corrected chi connectivity index (χ2v) is 10.4. The van der Waals surface area contributed by atoms with Crippen LogP contribution in [0.5, 0.6) is 17.2 Å². The van der Waals surface area contributed by atoms with Gasteiger partial charge in [-0.1, -0.05) is 6.92 Å². The van der Waals surface area contributed by atoms with E-state index in [1.54, 1.807) is 41.2 Å². The zero-order valence-corrected chi connectivity index (χ0v) is 20.6. The number of aromatic nitrogens is 3. The summed E-state index contributed by atoms with van der Waals surface area (Å²) in [6, 6.07) is 13.4. The van der Waals surface area contributed by atoms with Crippen molar-refractivity contribution < 1.29 is 18.6 Å². The Morgan fingerprint density at radius 3 is 2.58 bits per heavy atom. The third-order valence-corrected chi connectivity index (χ3v) is 6.68. The molecule has 0 atom stereocenters. The summed E-state index contributed by atoms with van der Waals surface area (Å²) < 4.78 is 32.7. The molecule has 1 saturated heterocycles. The van der Waals surface area contributed by atoms with Crippen LogP contribution in [0.4, 0.5) is 10.2 Å². The average Bonchev–Trinajstić information content (AvgIpc) is 3.39. The third-order valence-electron chi connectivity index (χ3n) is 5.79. The Hall–Kier alpha value is -3.94. The molecule has 0 amide bonds. The smallest absolute Gasteiger partial charge is 0.140 e. The summed E-state index contributed by atoms with van der Waals surface area (Å²) in [5, 5.41) is 15.2. The Bertz CT molecular complexity index is 1440.